The minimum absolute atomic E-state index is 0.101. The van der Waals surface area contributed by atoms with Gasteiger partial charge in [-0.1, -0.05) is 13.8 Å². The first-order valence-corrected chi connectivity index (χ1v) is 9.35. The van der Waals surface area contributed by atoms with Gasteiger partial charge in [-0.15, -0.1) is 0 Å². The van der Waals surface area contributed by atoms with Crippen molar-refractivity contribution < 1.29 is 14.6 Å². The number of thioether (sulfide) groups is 1. The molecule has 4 nitrogen and oxygen atoms in total. The summed E-state index contributed by atoms with van der Waals surface area (Å²) in [7, 11) is 0. The van der Waals surface area contributed by atoms with Crippen LogP contribution in [0.15, 0.2) is 0 Å². The summed E-state index contributed by atoms with van der Waals surface area (Å²) in [6, 6.07) is 0. The Balaban J connectivity index is 1.95. The average Bonchev–Trinajstić information content (AvgIpc) is 2.46. The van der Waals surface area contributed by atoms with Crippen LogP contribution in [0.1, 0.15) is 40.0 Å². The number of likely N-dealkylation sites (tertiary alicyclic amines) is 1. The summed E-state index contributed by atoms with van der Waals surface area (Å²) >= 11 is 1.72. The summed E-state index contributed by atoms with van der Waals surface area (Å²) in [4.78, 5) is 14.6. The molecule has 122 valence electrons. The number of aliphatic hydroxyl groups excluding tert-OH is 1. The Labute approximate surface area is 132 Å². The molecule has 2 rings (SSSR count). The second-order valence-electron chi connectivity index (χ2n) is 7.04. The summed E-state index contributed by atoms with van der Waals surface area (Å²) in [5, 5.41) is 10.2. The second kappa shape index (κ2) is 6.47. The number of piperidine rings is 1. The number of rotatable bonds is 5. The van der Waals surface area contributed by atoms with E-state index >= 15 is 0 Å². The fourth-order valence-corrected chi connectivity index (χ4v) is 4.64. The lowest BCUT2D eigenvalue weighted by Crippen LogP contribution is -2.63. The zero-order valence-corrected chi connectivity index (χ0v) is 14.5. The molecule has 1 saturated carbocycles. The average molecular weight is 315 g/mol. The zero-order chi connectivity index (χ0) is 15.7. The molecule has 1 spiro atoms. The van der Waals surface area contributed by atoms with Gasteiger partial charge in [0.15, 0.2) is 0 Å². The minimum Gasteiger partial charge on any atom is -0.392 e. The Morgan fingerprint density at radius 3 is 2.52 bits per heavy atom. The third-order valence-electron chi connectivity index (χ3n) is 5.18. The summed E-state index contributed by atoms with van der Waals surface area (Å²) in [6.07, 6.45) is 4.43. The fourth-order valence-electron chi connectivity index (χ4n) is 3.79. The van der Waals surface area contributed by atoms with Gasteiger partial charge in [0.1, 0.15) is 0 Å². The molecule has 2 fully saturated rings. The first kappa shape index (κ1) is 17.1. The first-order chi connectivity index (χ1) is 9.87. The van der Waals surface area contributed by atoms with E-state index in [2.05, 4.69) is 0 Å². The van der Waals surface area contributed by atoms with Crippen molar-refractivity contribution in [2.45, 2.75) is 52.2 Å². The second-order valence-corrected chi connectivity index (χ2v) is 7.90. The van der Waals surface area contributed by atoms with Gasteiger partial charge in [0.05, 0.1) is 17.6 Å². The molecule has 2 unspecified atom stereocenters. The third kappa shape index (κ3) is 3.10. The van der Waals surface area contributed by atoms with E-state index in [0.717, 1.165) is 38.1 Å². The van der Waals surface area contributed by atoms with Gasteiger partial charge < -0.3 is 14.7 Å². The molecular formula is C16H29NO3S. The molecule has 0 aromatic heterocycles. The molecule has 21 heavy (non-hydrogen) atoms. The molecule has 1 aliphatic carbocycles. The Morgan fingerprint density at radius 1 is 1.43 bits per heavy atom. The van der Waals surface area contributed by atoms with Crippen LogP contribution in [0, 0.1) is 10.8 Å². The lowest BCUT2D eigenvalue weighted by atomic mass is 9.58. The number of carbonyl (C=O) groups excluding carboxylic acids is 1. The number of ether oxygens (including phenoxy) is 1. The van der Waals surface area contributed by atoms with Crippen molar-refractivity contribution >= 4 is 17.7 Å². The topological polar surface area (TPSA) is 49.8 Å². The van der Waals surface area contributed by atoms with Crippen LogP contribution in [0.25, 0.3) is 0 Å². The molecule has 1 heterocycles. The molecule has 1 N–H and O–H groups in total. The SMILES string of the molecule is CCOC1CC(O)C12CCN(C(=O)C(C)(C)CSC)CC2. The standard InChI is InChI=1S/C16H29NO3S/c1-5-20-13-10-12(18)16(13)6-8-17(9-7-16)14(19)15(2,3)11-21-4/h12-13,18H,5-11H2,1-4H3. The maximum Gasteiger partial charge on any atom is 0.229 e. The molecule has 0 bridgehead atoms. The van der Waals surface area contributed by atoms with Gasteiger partial charge in [-0.05, 0) is 26.0 Å². The highest BCUT2D eigenvalue weighted by Gasteiger charge is 2.56. The quantitative estimate of drug-likeness (QED) is 0.844. The molecule has 1 saturated heterocycles. The molecular weight excluding hydrogens is 286 g/mol. The van der Waals surface area contributed by atoms with E-state index in [9.17, 15) is 9.90 Å². The van der Waals surface area contributed by atoms with E-state index in [0.29, 0.717) is 6.61 Å². The lowest BCUT2D eigenvalue weighted by molar-refractivity contribution is -0.210. The van der Waals surface area contributed by atoms with Crippen molar-refractivity contribution in [3.8, 4) is 0 Å². The largest absolute Gasteiger partial charge is 0.392 e. The van der Waals surface area contributed by atoms with E-state index < -0.39 is 0 Å². The van der Waals surface area contributed by atoms with Crippen LogP contribution >= 0.6 is 11.8 Å². The Hall–Kier alpha value is -0.260. The molecule has 2 atom stereocenters. The summed E-state index contributed by atoms with van der Waals surface area (Å²) in [5.41, 5.74) is -0.405. The lowest BCUT2D eigenvalue weighted by Gasteiger charge is -2.57. The van der Waals surface area contributed by atoms with Crippen molar-refractivity contribution in [1.82, 2.24) is 4.90 Å². The number of hydrogen-bond acceptors (Lipinski definition) is 4. The van der Waals surface area contributed by atoms with E-state index in [-0.39, 0.29) is 28.9 Å². The van der Waals surface area contributed by atoms with Crippen molar-refractivity contribution in [1.29, 1.82) is 0 Å². The van der Waals surface area contributed by atoms with Gasteiger partial charge in [-0.25, -0.2) is 0 Å². The molecule has 5 heteroatoms. The van der Waals surface area contributed by atoms with Crippen LogP contribution in [0.3, 0.4) is 0 Å². The Bertz CT molecular complexity index is 376. The van der Waals surface area contributed by atoms with Gasteiger partial charge >= 0.3 is 0 Å². The maximum absolute atomic E-state index is 12.6. The molecule has 1 aliphatic heterocycles. The van der Waals surface area contributed by atoms with Gasteiger partial charge in [-0.2, -0.15) is 11.8 Å². The van der Waals surface area contributed by atoms with Crippen LogP contribution in [-0.4, -0.2) is 59.8 Å². The highest BCUT2D eigenvalue weighted by molar-refractivity contribution is 7.98. The Kier molecular flexibility index (Phi) is 5.27. The van der Waals surface area contributed by atoms with Gasteiger partial charge in [0.2, 0.25) is 5.91 Å². The third-order valence-corrected chi connectivity index (χ3v) is 6.19. The van der Waals surface area contributed by atoms with Crippen LogP contribution in [-0.2, 0) is 9.53 Å². The number of hydrogen-bond donors (Lipinski definition) is 1. The van der Waals surface area contributed by atoms with E-state index in [1.165, 1.54) is 0 Å². The van der Waals surface area contributed by atoms with Crippen molar-refractivity contribution in [2.24, 2.45) is 10.8 Å². The smallest absolute Gasteiger partial charge is 0.229 e. The van der Waals surface area contributed by atoms with Gasteiger partial charge in [-0.3, -0.25) is 4.79 Å². The predicted octanol–water partition coefficient (Wildman–Crippen LogP) is 2.15. The van der Waals surface area contributed by atoms with Crippen LogP contribution < -0.4 is 0 Å². The van der Waals surface area contributed by atoms with Crippen LogP contribution in [0.4, 0.5) is 0 Å². The molecule has 1 amide bonds. The van der Waals surface area contributed by atoms with Gasteiger partial charge in [0, 0.05) is 37.3 Å². The van der Waals surface area contributed by atoms with Crippen molar-refractivity contribution in [3.63, 3.8) is 0 Å². The molecule has 0 aromatic rings. The van der Waals surface area contributed by atoms with E-state index in [1.54, 1.807) is 11.8 Å². The number of carbonyl (C=O) groups is 1. The number of amides is 1. The monoisotopic (exact) mass is 315 g/mol. The summed E-state index contributed by atoms with van der Waals surface area (Å²) < 4.78 is 5.78. The van der Waals surface area contributed by atoms with E-state index in [4.69, 9.17) is 4.74 Å². The van der Waals surface area contributed by atoms with Crippen LogP contribution in [0.5, 0.6) is 0 Å². The van der Waals surface area contributed by atoms with Crippen molar-refractivity contribution in [2.75, 3.05) is 31.7 Å². The Morgan fingerprint density at radius 2 is 2.05 bits per heavy atom. The van der Waals surface area contributed by atoms with Crippen molar-refractivity contribution in [3.05, 3.63) is 0 Å². The van der Waals surface area contributed by atoms with Crippen LogP contribution in [0.2, 0.25) is 0 Å². The van der Waals surface area contributed by atoms with E-state index in [1.807, 2.05) is 31.9 Å². The zero-order valence-electron chi connectivity index (χ0n) is 13.7. The number of nitrogens with zero attached hydrogens (tertiary/aromatic N) is 1. The molecule has 0 aromatic carbocycles. The normalized spacial score (nSPS) is 28.5. The maximum atomic E-state index is 12.6. The predicted molar refractivity (Wildman–Crippen MR) is 86.4 cm³/mol. The minimum atomic E-state index is -0.304. The highest BCUT2D eigenvalue weighted by atomic mass is 32.2. The molecule has 2 aliphatic rings. The number of aliphatic hydroxyl groups is 1. The molecule has 0 radical (unpaired) electrons. The highest BCUT2D eigenvalue weighted by Crippen LogP contribution is 2.51. The summed E-state index contributed by atoms with van der Waals surface area (Å²) in [5.74, 6) is 1.09. The summed E-state index contributed by atoms with van der Waals surface area (Å²) in [6.45, 7) is 8.24. The fraction of sp³-hybridized carbons (Fsp3) is 0.938. The first-order valence-electron chi connectivity index (χ1n) is 7.95. The van der Waals surface area contributed by atoms with Gasteiger partial charge in [0.25, 0.3) is 0 Å².